The molecule has 0 saturated heterocycles. The van der Waals surface area contributed by atoms with E-state index in [0.717, 1.165) is 56.0 Å². The summed E-state index contributed by atoms with van der Waals surface area (Å²) in [5, 5.41) is 17.5. The van der Waals surface area contributed by atoms with E-state index in [-0.39, 0.29) is 0 Å². The Kier molecular flexibility index (Phi) is 8.54. The van der Waals surface area contributed by atoms with E-state index in [9.17, 15) is 5.26 Å². The van der Waals surface area contributed by atoms with E-state index in [0.29, 0.717) is 5.56 Å². The smallest absolute Gasteiger partial charge is 0.0992 e. The summed E-state index contributed by atoms with van der Waals surface area (Å²) in [5.41, 5.74) is 13.9. The van der Waals surface area contributed by atoms with Gasteiger partial charge in [0, 0.05) is 33.5 Å². The third-order valence-electron chi connectivity index (χ3n) is 11.7. The minimum absolute atomic E-state index is 0.621. The molecule has 3 nitrogen and oxygen atoms in total. The van der Waals surface area contributed by atoms with Crippen LogP contribution in [0.2, 0.25) is 0 Å². The molecular formula is C57H37N3. The lowest BCUT2D eigenvalue weighted by atomic mass is 9.85. The predicted octanol–water partition coefficient (Wildman–Crippen LogP) is 15.4. The average molecular weight is 764 g/mol. The van der Waals surface area contributed by atoms with Crippen LogP contribution in [0.5, 0.6) is 0 Å². The van der Waals surface area contributed by atoms with Gasteiger partial charge < -0.3 is 9.47 Å². The van der Waals surface area contributed by atoms with Gasteiger partial charge in [0.1, 0.15) is 0 Å². The lowest BCUT2D eigenvalue weighted by Crippen LogP contribution is -2.09. The quantitative estimate of drug-likeness (QED) is 0.151. The molecule has 0 N–H and O–H groups in total. The summed E-state index contributed by atoms with van der Waals surface area (Å²) in [6.45, 7) is 0. The van der Waals surface area contributed by atoms with Gasteiger partial charge in [-0.15, -0.1) is 0 Å². The fraction of sp³-hybridized carbons (Fsp3) is 0. The minimum atomic E-state index is 0.621. The number of hydrogen-bond acceptors (Lipinski definition) is 2. The first-order chi connectivity index (χ1) is 29.7. The minimum Gasteiger partial charge on any atom is -0.310 e. The molecule has 1 heterocycles. The van der Waals surface area contributed by atoms with E-state index in [4.69, 9.17) is 0 Å². The third-order valence-corrected chi connectivity index (χ3v) is 11.7. The number of fused-ring (bicyclic) bond motifs is 5. The summed E-state index contributed by atoms with van der Waals surface area (Å²) < 4.78 is 2.28. The molecule has 0 aliphatic carbocycles. The van der Waals surface area contributed by atoms with E-state index in [1.807, 2.05) is 12.1 Å². The van der Waals surface area contributed by atoms with Crippen LogP contribution in [0.3, 0.4) is 0 Å². The Morgan fingerprint density at radius 3 is 1.30 bits per heavy atom. The zero-order valence-electron chi connectivity index (χ0n) is 32.7. The van der Waals surface area contributed by atoms with Crippen LogP contribution in [0.1, 0.15) is 5.56 Å². The van der Waals surface area contributed by atoms with Crippen molar-refractivity contribution in [2.75, 3.05) is 4.90 Å². The van der Waals surface area contributed by atoms with Crippen LogP contribution in [-0.2, 0) is 0 Å². The second-order valence-electron chi connectivity index (χ2n) is 15.2. The Balaban J connectivity index is 1.08. The lowest BCUT2D eigenvalue weighted by molar-refractivity contribution is 1.18. The lowest BCUT2D eigenvalue weighted by Gasteiger charge is -2.26. The van der Waals surface area contributed by atoms with Gasteiger partial charge in [0.15, 0.2) is 0 Å². The van der Waals surface area contributed by atoms with Crippen molar-refractivity contribution in [1.29, 1.82) is 5.26 Å². The van der Waals surface area contributed by atoms with Gasteiger partial charge in [-0.3, -0.25) is 0 Å². The van der Waals surface area contributed by atoms with Crippen molar-refractivity contribution in [3.05, 3.63) is 230 Å². The first kappa shape index (κ1) is 35.0. The summed E-state index contributed by atoms with van der Waals surface area (Å²) in [6, 6.07) is 82.2. The van der Waals surface area contributed by atoms with Crippen molar-refractivity contribution in [1.82, 2.24) is 4.57 Å². The van der Waals surface area contributed by atoms with Gasteiger partial charge in [-0.2, -0.15) is 5.26 Å². The van der Waals surface area contributed by atoms with Gasteiger partial charge in [0.05, 0.1) is 22.7 Å². The topological polar surface area (TPSA) is 32.0 Å². The molecule has 10 aromatic carbocycles. The highest BCUT2D eigenvalue weighted by Crippen LogP contribution is 2.46. The Morgan fingerprint density at radius 1 is 0.333 bits per heavy atom. The zero-order valence-corrected chi connectivity index (χ0v) is 32.7. The van der Waals surface area contributed by atoms with Gasteiger partial charge in [0.2, 0.25) is 0 Å². The molecule has 11 rings (SSSR count). The zero-order chi connectivity index (χ0) is 40.0. The fourth-order valence-electron chi connectivity index (χ4n) is 9.18. The van der Waals surface area contributed by atoms with E-state index >= 15 is 0 Å². The molecule has 11 aromatic rings. The molecule has 0 saturated carbocycles. The van der Waals surface area contributed by atoms with Crippen LogP contribution in [-0.4, -0.2) is 4.57 Å². The molecule has 0 bridgehead atoms. The van der Waals surface area contributed by atoms with Crippen LogP contribution >= 0.6 is 0 Å². The van der Waals surface area contributed by atoms with Crippen molar-refractivity contribution < 1.29 is 0 Å². The molecule has 1 aromatic heterocycles. The fourth-order valence-corrected chi connectivity index (χ4v) is 9.18. The van der Waals surface area contributed by atoms with E-state index < -0.39 is 0 Å². The summed E-state index contributed by atoms with van der Waals surface area (Å²) >= 11 is 0. The van der Waals surface area contributed by atoms with Crippen LogP contribution in [0.4, 0.5) is 17.1 Å². The molecule has 0 amide bonds. The highest BCUT2D eigenvalue weighted by molar-refractivity contribution is 6.21. The monoisotopic (exact) mass is 763 g/mol. The number of rotatable bonds is 7. The van der Waals surface area contributed by atoms with Crippen molar-refractivity contribution in [2.45, 2.75) is 0 Å². The van der Waals surface area contributed by atoms with Gasteiger partial charge >= 0.3 is 0 Å². The maximum absolute atomic E-state index is 10.3. The molecule has 0 spiro atoms. The molecule has 60 heavy (non-hydrogen) atoms. The molecular weight excluding hydrogens is 727 g/mol. The van der Waals surface area contributed by atoms with Gasteiger partial charge in [-0.1, -0.05) is 152 Å². The maximum atomic E-state index is 10.3. The second kappa shape index (κ2) is 14.6. The van der Waals surface area contributed by atoms with E-state index in [2.05, 4.69) is 228 Å². The van der Waals surface area contributed by atoms with Crippen LogP contribution in [0.15, 0.2) is 224 Å². The number of benzene rings is 10. The van der Waals surface area contributed by atoms with Gasteiger partial charge in [-0.05, 0) is 128 Å². The third kappa shape index (κ3) is 5.90. The predicted molar refractivity (Wildman–Crippen MR) is 251 cm³/mol. The number of nitriles is 1. The molecule has 0 aliphatic rings. The first-order valence-corrected chi connectivity index (χ1v) is 20.3. The first-order valence-electron chi connectivity index (χ1n) is 20.3. The summed E-state index contributed by atoms with van der Waals surface area (Å²) in [5.74, 6) is 0. The van der Waals surface area contributed by atoms with Crippen molar-refractivity contribution >= 4 is 60.4 Å². The van der Waals surface area contributed by atoms with Crippen LogP contribution < -0.4 is 4.90 Å². The van der Waals surface area contributed by atoms with Gasteiger partial charge in [-0.25, -0.2) is 0 Å². The second-order valence-corrected chi connectivity index (χ2v) is 15.2. The Hall–Kier alpha value is -8.19. The molecule has 0 unspecified atom stereocenters. The van der Waals surface area contributed by atoms with Crippen LogP contribution in [0.25, 0.3) is 82.4 Å². The number of anilines is 3. The number of nitrogens with zero attached hydrogens (tertiary/aromatic N) is 3. The van der Waals surface area contributed by atoms with Crippen molar-refractivity contribution in [3.63, 3.8) is 0 Å². The Bertz CT molecular complexity index is 3300. The molecule has 280 valence electrons. The normalized spacial score (nSPS) is 11.3. The maximum Gasteiger partial charge on any atom is 0.0992 e. The number of para-hydroxylation sites is 4. The summed E-state index contributed by atoms with van der Waals surface area (Å²) in [4.78, 5) is 2.32. The largest absolute Gasteiger partial charge is 0.310 e. The summed E-state index contributed by atoms with van der Waals surface area (Å²) in [7, 11) is 0. The SMILES string of the molecule is N#Cc1cc(-c2cccc(-c3c4ccccc4c(-c4cccc(N(c5ccccc5)c5ccccc5)c4)c4ccccc34)c2)cc(-n2c3ccccc3c3ccccc32)c1. The summed E-state index contributed by atoms with van der Waals surface area (Å²) in [6.07, 6.45) is 0. The average Bonchev–Trinajstić information content (AvgIpc) is 3.66. The molecule has 0 aliphatic heterocycles. The number of aromatic nitrogens is 1. The Morgan fingerprint density at radius 2 is 0.767 bits per heavy atom. The number of hydrogen-bond donors (Lipinski definition) is 0. The highest BCUT2D eigenvalue weighted by Gasteiger charge is 2.20. The van der Waals surface area contributed by atoms with E-state index in [1.165, 1.54) is 43.4 Å². The Labute approximate surface area is 348 Å². The molecule has 3 heteroatoms. The van der Waals surface area contributed by atoms with Gasteiger partial charge in [0.25, 0.3) is 0 Å². The highest BCUT2D eigenvalue weighted by atomic mass is 15.1. The molecule has 0 radical (unpaired) electrons. The van der Waals surface area contributed by atoms with E-state index in [1.54, 1.807) is 0 Å². The standard InChI is InChI=1S/C57H37N3/c58-38-39-33-43(37-47(34-39)60-54-31-13-11-25-48(54)49-26-12-14-32-55(49)60)40-17-15-18-41(35-40)56-50-27-7-9-29-52(50)57(53-30-10-8-28-51(53)56)42-19-16-24-46(36-42)59(44-20-3-1-4-21-44)45-22-5-2-6-23-45/h1-37H. The van der Waals surface area contributed by atoms with Crippen molar-refractivity contribution in [3.8, 4) is 45.1 Å². The van der Waals surface area contributed by atoms with Crippen molar-refractivity contribution in [2.24, 2.45) is 0 Å². The van der Waals surface area contributed by atoms with Crippen LogP contribution in [0, 0.1) is 11.3 Å². The molecule has 0 fully saturated rings. The molecule has 0 atom stereocenters.